The summed E-state index contributed by atoms with van der Waals surface area (Å²) in [6, 6.07) is 3.92. The summed E-state index contributed by atoms with van der Waals surface area (Å²) in [6.07, 6.45) is -3.00. The van der Waals surface area contributed by atoms with Crippen LogP contribution in [0.4, 0.5) is 0 Å². The molecule has 1 aromatic carbocycles. The zero-order chi connectivity index (χ0) is 12.3. The Labute approximate surface area is 97.1 Å². The molecule has 6 heteroatoms. The highest BCUT2D eigenvalue weighted by Crippen LogP contribution is 2.29. The Hall–Kier alpha value is -1.30. The minimum absolute atomic E-state index is 0.0506. The van der Waals surface area contributed by atoms with Crippen molar-refractivity contribution in [1.29, 1.82) is 0 Å². The number of aromatic hydroxyl groups is 1. The van der Waals surface area contributed by atoms with E-state index in [-0.39, 0.29) is 22.8 Å². The largest absolute Gasteiger partial charge is 0.508 e. The predicted molar refractivity (Wildman–Crippen MR) is 57.9 cm³/mol. The summed E-state index contributed by atoms with van der Waals surface area (Å²) in [6.45, 7) is 0. The highest BCUT2D eigenvalue weighted by Gasteiger charge is 2.22. The van der Waals surface area contributed by atoms with Crippen molar-refractivity contribution in [3.63, 3.8) is 0 Å². The van der Waals surface area contributed by atoms with Crippen molar-refractivity contribution in [3.05, 3.63) is 28.8 Å². The standard InChI is InChI=1S/C10H12ClNO4/c11-7-3-5(13)1-2-6(7)10(16)8(14)4-9(12)15/h1-3,8,10,13-14,16H,4H2,(H2,12,15). The first kappa shape index (κ1) is 12.8. The molecule has 0 fully saturated rings. The average molecular weight is 246 g/mol. The Morgan fingerprint density at radius 3 is 2.56 bits per heavy atom. The Morgan fingerprint density at radius 2 is 2.06 bits per heavy atom. The fourth-order valence-electron chi connectivity index (χ4n) is 1.28. The number of hydrogen-bond donors (Lipinski definition) is 4. The molecule has 1 rings (SSSR count). The summed E-state index contributed by atoms with van der Waals surface area (Å²) in [4.78, 5) is 10.6. The minimum atomic E-state index is -1.32. The molecule has 0 aromatic heterocycles. The van der Waals surface area contributed by atoms with E-state index in [1.165, 1.54) is 18.2 Å². The molecule has 2 unspecified atom stereocenters. The van der Waals surface area contributed by atoms with Gasteiger partial charge in [-0.05, 0) is 12.1 Å². The van der Waals surface area contributed by atoms with Crippen molar-refractivity contribution in [2.45, 2.75) is 18.6 Å². The third-order valence-electron chi connectivity index (χ3n) is 2.08. The number of benzene rings is 1. The summed E-state index contributed by atoms with van der Waals surface area (Å²) in [5.74, 6) is -0.771. The molecule has 0 aliphatic carbocycles. The Morgan fingerprint density at radius 1 is 1.44 bits per heavy atom. The topological polar surface area (TPSA) is 104 Å². The highest BCUT2D eigenvalue weighted by molar-refractivity contribution is 6.31. The van der Waals surface area contributed by atoms with Gasteiger partial charge in [-0.2, -0.15) is 0 Å². The van der Waals surface area contributed by atoms with Gasteiger partial charge in [0.05, 0.1) is 17.5 Å². The fraction of sp³-hybridized carbons (Fsp3) is 0.300. The van der Waals surface area contributed by atoms with E-state index >= 15 is 0 Å². The molecule has 0 radical (unpaired) electrons. The second-order valence-electron chi connectivity index (χ2n) is 3.39. The SMILES string of the molecule is NC(=O)CC(O)C(O)c1ccc(O)cc1Cl. The van der Waals surface area contributed by atoms with E-state index in [9.17, 15) is 15.0 Å². The number of primary amides is 1. The lowest BCUT2D eigenvalue weighted by Gasteiger charge is -2.17. The first-order valence-corrected chi connectivity index (χ1v) is 4.92. The van der Waals surface area contributed by atoms with Crippen molar-refractivity contribution in [1.82, 2.24) is 0 Å². The first-order valence-electron chi connectivity index (χ1n) is 4.54. The number of phenolic OH excluding ortho intramolecular Hbond substituents is 1. The zero-order valence-corrected chi connectivity index (χ0v) is 9.05. The number of aliphatic hydroxyl groups excluding tert-OH is 2. The third kappa shape index (κ3) is 3.10. The number of carbonyl (C=O) groups excluding carboxylic acids is 1. The van der Waals surface area contributed by atoms with Crippen LogP contribution in [0.25, 0.3) is 0 Å². The van der Waals surface area contributed by atoms with Crippen LogP contribution in [0, 0.1) is 0 Å². The molecular formula is C10H12ClNO4. The van der Waals surface area contributed by atoms with Gasteiger partial charge in [0.25, 0.3) is 0 Å². The number of nitrogens with two attached hydrogens (primary N) is 1. The number of rotatable bonds is 4. The van der Waals surface area contributed by atoms with Gasteiger partial charge in [-0.3, -0.25) is 4.79 Å². The number of phenols is 1. The smallest absolute Gasteiger partial charge is 0.220 e. The lowest BCUT2D eigenvalue weighted by atomic mass is 10.0. The van der Waals surface area contributed by atoms with E-state index in [2.05, 4.69) is 0 Å². The summed E-state index contributed by atoms with van der Waals surface area (Å²) < 4.78 is 0. The van der Waals surface area contributed by atoms with E-state index in [0.29, 0.717) is 0 Å². The Balaban J connectivity index is 2.87. The van der Waals surface area contributed by atoms with Crippen molar-refractivity contribution < 1.29 is 20.1 Å². The van der Waals surface area contributed by atoms with E-state index in [1.807, 2.05) is 0 Å². The minimum Gasteiger partial charge on any atom is -0.508 e. The van der Waals surface area contributed by atoms with Gasteiger partial charge in [-0.25, -0.2) is 0 Å². The van der Waals surface area contributed by atoms with E-state index < -0.39 is 18.1 Å². The van der Waals surface area contributed by atoms with Gasteiger partial charge in [-0.1, -0.05) is 17.7 Å². The lowest BCUT2D eigenvalue weighted by Crippen LogP contribution is -2.25. The molecule has 0 aliphatic rings. The maximum atomic E-state index is 10.6. The number of aliphatic hydroxyl groups is 2. The summed E-state index contributed by atoms with van der Waals surface area (Å²) in [5, 5.41) is 28.4. The number of halogens is 1. The second kappa shape index (κ2) is 5.16. The monoisotopic (exact) mass is 245 g/mol. The summed E-state index contributed by atoms with van der Waals surface area (Å²) in [7, 11) is 0. The average Bonchev–Trinajstić information content (AvgIpc) is 2.15. The normalized spacial score (nSPS) is 14.4. The van der Waals surface area contributed by atoms with Gasteiger partial charge in [0, 0.05) is 5.56 Å². The van der Waals surface area contributed by atoms with Crippen LogP contribution >= 0.6 is 11.6 Å². The van der Waals surface area contributed by atoms with E-state index in [4.69, 9.17) is 22.4 Å². The molecule has 0 saturated heterocycles. The van der Waals surface area contributed by atoms with Gasteiger partial charge < -0.3 is 21.1 Å². The summed E-state index contributed by atoms with van der Waals surface area (Å²) >= 11 is 5.76. The van der Waals surface area contributed by atoms with Gasteiger partial charge in [0.15, 0.2) is 0 Å². The number of hydrogen-bond acceptors (Lipinski definition) is 4. The molecule has 0 bridgehead atoms. The molecule has 1 aromatic rings. The van der Waals surface area contributed by atoms with Gasteiger partial charge in [0.2, 0.25) is 5.91 Å². The summed E-state index contributed by atoms with van der Waals surface area (Å²) in [5.41, 5.74) is 5.12. The Kier molecular flexibility index (Phi) is 4.12. The van der Waals surface area contributed by atoms with Crippen LogP contribution in [-0.4, -0.2) is 27.3 Å². The van der Waals surface area contributed by atoms with Crippen LogP contribution in [0.5, 0.6) is 5.75 Å². The maximum Gasteiger partial charge on any atom is 0.220 e. The lowest BCUT2D eigenvalue weighted by molar-refractivity contribution is -0.121. The first-order chi connectivity index (χ1) is 7.41. The molecule has 0 heterocycles. The van der Waals surface area contributed by atoms with Crippen molar-refractivity contribution in [2.75, 3.05) is 0 Å². The van der Waals surface area contributed by atoms with Crippen molar-refractivity contribution >= 4 is 17.5 Å². The highest BCUT2D eigenvalue weighted by atomic mass is 35.5. The quantitative estimate of drug-likeness (QED) is 0.613. The maximum absolute atomic E-state index is 10.6. The molecular weight excluding hydrogens is 234 g/mol. The van der Waals surface area contributed by atoms with Crippen LogP contribution in [-0.2, 0) is 4.79 Å². The second-order valence-corrected chi connectivity index (χ2v) is 3.80. The molecule has 0 saturated carbocycles. The molecule has 88 valence electrons. The molecule has 5 nitrogen and oxygen atoms in total. The Bertz CT molecular complexity index is 396. The molecule has 1 amide bonds. The molecule has 5 N–H and O–H groups in total. The predicted octanol–water partition coefficient (Wildman–Crippen LogP) is 0.315. The third-order valence-corrected chi connectivity index (χ3v) is 2.40. The van der Waals surface area contributed by atoms with E-state index in [0.717, 1.165) is 0 Å². The number of carbonyl (C=O) groups is 1. The molecule has 2 atom stereocenters. The van der Waals surface area contributed by atoms with E-state index in [1.54, 1.807) is 0 Å². The van der Waals surface area contributed by atoms with Crippen LogP contribution in [0.3, 0.4) is 0 Å². The molecule has 16 heavy (non-hydrogen) atoms. The van der Waals surface area contributed by atoms with Gasteiger partial charge in [0.1, 0.15) is 11.9 Å². The fourth-order valence-corrected chi connectivity index (χ4v) is 1.57. The van der Waals surface area contributed by atoms with Crippen LogP contribution in [0.15, 0.2) is 18.2 Å². The van der Waals surface area contributed by atoms with Gasteiger partial charge in [-0.15, -0.1) is 0 Å². The molecule has 0 aliphatic heterocycles. The van der Waals surface area contributed by atoms with Crippen LogP contribution < -0.4 is 5.73 Å². The zero-order valence-electron chi connectivity index (χ0n) is 8.30. The molecule has 0 spiro atoms. The van der Waals surface area contributed by atoms with Crippen LogP contribution in [0.2, 0.25) is 5.02 Å². The van der Waals surface area contributed by atoms with Crippen LogP contribution in [0.1, 0.15) is 18.1 Å². The van der Waals surface area contributed by atoms with Gasteiger partial charge >= 0.3 is 0 Å². The number of amides is 1. The van der Waals surface area contributed by atoms with Crippen molar-refractivity contribution in [3.8, 4) is 5.75 Å². The van der Waals surface area contributed by atoms with Crippen molar-refractivity contribution in [2.24, 2.45) is 5.73 Å².